The van der Waals surface area contributed by atoms with Crippen molar-refractivity contribution in [1.82, 2.24) is 10.2 Å². The molecule has 0 bridgehead atoms. The number of ether oxygens (including phenoxy) is 1. The summed E-state index contributed by atoms with van der Waals surface area (Å²) in [4.78, 5) is 26.2. The number of carbonyl (C=O) groups excluding carboxylic acids is 2. The molecule has 1 fully saturated rings. The molecule has 1 saturated heterocycles. The first kappa shape index (κ1) is 17.1. The number of carbonyl (C=O) groups is 2. The predicted octanol–water partition coefficient (Wildman–Crippen LogP) is 2.29. The maximum absolute atomic E-state index is 12.5. The van der Waals surface area contributed by atoms with Gasteiger partial charge in [0.05, 0.1) is 11.3 Å². The summed E-state index contributed by atoms with van der Waals surface area (Å²) in [5.41, 5.74) is 3.72. The highest BCUT2D eigenvalue weighted by Crippen LogP contribution is 2.34. The molecule has 2 aliphatic rings. The van der Waals surface area contributed by atoms with Gasteiger partial charge in [0, 0.05) is 6.54 Å². The molecule has 1 aliphatic carbocycles. The molecule has 0 aromatic heterocycles. The van der Waals surface area contributed by atoms with Gasteiger partial charge in [-0.1, -0.05) is 49.1 Å². The van der Waals surface area contributed by atoms with Crippen molar-refractivity contribution in [1.29, 1.82) is 0 Å². The Morgan fingerprint density at radius 2 is 2.29 bits per heavy atom. The van der Waals surface area contributed by atoms with Crippen LogP contribution in [0.4, 0.5) is 0 Å². The number of nitrogens with zero attached hydrogens (tertiary/aromatic N) is 1. The molecular formula is C17H18N2O3S2. The lowest BCUT2D eigenvalue weighted by atomic mass is 10.2. The van der Waals surface area contributed by atoms with E-state index in [1.165, 1.54) is 27.8 Å². The molecule has 3 rings (SSSR count). The second-order valence-electron chi connectivity index (χ2n) is 5.55. The first-order valence-corrected chi connectivity index (χ1v) is 9.04. The topological polar surface area (TPSA) is 58.6 Å². The minimum absolute atomic E-state index is 0.129. The summed E-state index contributed by atoms with van der Waals surface area (Å²) in [7, 11) is 0. The van der Waals surface area contributed by atoms with Crippen LogP contribution in [0.15, 0.2) is 23.1 Å². The molecule has 0 unspecified atom stereocenters. The number of nitrogens with one attached hydrogen (secondary N) is 1. The lowest BCUT2D eigenvalue weighted by Crippen LogP contribution is -2.31. The van der Waals surface area contributed by atoms with Gasteiger partial charge in [0.15, 0.2) is 0 Å². The van der Waals surface area contributed by atoms with E-state index in [4.69, 9.17) is 17.0 Å². The second kappa shape index (κ2) is 7.46. The number of amides is 1. The van der Waals surface area contributed by atoms with E-state index < -0.39 is 0 Å². The fourth-order valence-corrected chi connectivity index (χ4v) is 3.67. The monoisotopic (exact) mass is 362 g/mol. The van der Waals surface area contributed by atoms with Gasteiger partial charge in [-0.05, 0) is 35.7 Å². The first-order valence-electron chi connectivity index (χ1n) is 7.82. The number of fused-ring (bicyclic) bond motifs is 1. The van der Waals surface area contributed by atoms with E-state index in [9.17, 15) is 9.59 Å². The Hall–Kier alpha value is -1.70. The number of hydrogen-bond donors (Lipinski definition) is 1. The van der Waals surface area contributed by atoms with Crippen LogP contribution in [0.5, 0.6) is 0 Å². The fraction of sp³-hybridized carbons (Fsp3) is 0.353. The lowest BCUT2D eigenvalue weighted by molar-refractivity contribution is -0.144. The highest BCUT2D eigenvalue weighted by atomic mass is 32.2. The molecule has 0 radical (unpaired) electrons. The molecule has 5 nitrogen and oxygen atoms in total. The Morgan fingerprint density at radius 1 is 1.46 bits per heavy atom. The van der Waals surface area contributed by atoms with Crippen LogP contribution in [-0.2, 0) is 20.7 Å². The van der Waals surface area contributed by atoms with E-state index in [2.05, 4.69) is 17.4 Å². The SMILES string of the molecule is CCNCOC(=O)CCN1C(=O)/C(=C\c2ccc3c(c2)C3)SC1=S. The van der Waals surface area contributed by atoms with E-state index in [1.807, 2.05) is 19.1 Å². The van der Waals surface area contributed by atoms with Gasteiger partial charge in [-0.3, -0.25) is 19.8 Å². The van der Waals surface area contributed by atoms with Crippen LogP contribution in [0.3, 0.4) is 0 Å². The predicted molar refractivity (Wildman–Crippen MR) is 98.4 cm³/mol. The minimum Gasteiger partial charge on any atom is -0.450 e. The maximum Gasteiger partial charge on any atom is 0.308 e. The van der Waals surface area contributed by atoms with Crippen LogP contribution >= 0.6 is 24.0 Å². The molecule has 0 atom stereocenters. The van der Waals surface area contributed by atoms with Crippen molar-refractivity contribution in [2.75, 3.05) is 19.8 Å². The van der Waals surface area contributed by atoms with Crippen molar-refractivity contribution in [3.8, 4) is 0 Å². The largest absolute Gasteiger partial charge is 0.450 e. The van der Waals surface area contributed by atoms with E-state index in [0.29, 0.717) is 9.23 Å². The third kappa shape index (κ3) is 4.03. The maximum atomic E-state index is 12.5. The highest BCUT2D eigenvalue weighted by molar-refractivity contribution is 8.26. The summed E-state index contributed by atoms with van der Waals surface area (Å²) in [6, 6.07) is 6.19. The fourth-order valence-electron chi connectivity index (χ4n) is 2.36. The molecule has 1 aromatic carbocycles. The Morgan fingerprint density at radius 3 is 3.04 bits per heavy atom. The molecule has 126 valence electrons. The average Bonchev–Trinajstić information content (AvgIpc) is 3.27. The van der Waals surface area contributed by atoms with Crippen molar-refractivity contribution in [2.45, 2.75) is 19.8 Å². The lowest BCUT2D eigenvalue weighted by Gasteiger charge is -2.13. The van der Waals surface area contributed by atoms with E-state index in [0.717, 1.165) is 18.5 Å². The number of thioether (sulfide) groups is 1. The summed E-state index contributed by atoms with van der Waals surface area (Å²) in [5.74, 6) is -0.491. The molecule has 24 heavy (non-hydrogen) atoms. The van der Waals surface area contributed by atoms with Gasteiger partial charge in [-0.2, -0.15) is 0 Å². The summed E-state index contributed by atoms with van der Waals surface area (Å²) < 4.78 is 5.49. The minimum atomic E-state index is -0.347. The molecule has 0 spiro atoms. The van der Waals surface area contributed by atoms with Crippen LogP contribution in [0.2, 0.25) is 0 Å². The third-order valence-corrected chi connectivity index (χ3v) is 5.16. The van der Waals surface area contributed by atoms with Crippen molar-refractivity contribution in [2.24, 2.45) is 0 Å². The highest BCUT2D eigenvalue weighted by Gasteiger charge is 2.32. The van der Waals surface area contributed by atoms with Crippen LogP contribution in [0.1, 0.15) is 30.0 Å². The molecule has 1 aromatic rings. The van der Waals surface area contributed by atoms with Crippen LogP contribution in [0.25, 0.3) is 6.08 Å². The van der Waals surface area contributed by atoms with Crippen molar-refractivity contribution < 1.29 is 14.3 Å². The van der Waals surface area contributed by atoms with E-state index in [1.54, 1.807) is 0 Å². The quantitative estimate of drug-likeness (QED) is 0.268. The Bertz CT molecular complexity index is 731. The van der Waals surface area contributed by atoms with Crippen molar-refractivity contribution >= 4 is 46.3 Å². The summed E-state index contributed by atoms with van der Waals surface area (Å²) in [5, 5.41) is 2.91. The molecule has 0 saturated carbocycles. The molecule has 7 heteroatoms. The number of hydrogen-bond acceptors (Lipinski definition) is 6. The normalized spacial score (nSPS) is 17.4. The second-order valence-corrected chi connectivity index (χ2v) is 7.23. The number of rotatable bonds is 7. The smallest absolute Gasteiger partial charge is 0.308 e. The summed E-state index contributed by atoms with van der Waals surface area (Å²) in [6.45, 7) is 3.09. The van der Waals surface area contributed by atoms with Gasteiger partial charge in [-0.25, -0.2) is 0 Å². The zero-order valence-electron chi connectivity index (χ0n) is 13.3. The van der Waals surface area contributed by atoms with Gasteiger partial charge < -0.3 is 4.74 Å². The molecule has 1 N–H and O–H groups in total. The zero-order valence-corrected chi connectivity index (χ0v) is 15.0. The van der Waals surface area contributed by atoms with Crippen LogP contribution in [-0.4, -0.2) is 40.9 Å². The summed E-state index contributed by atoms with van der Waals surface area (Å²) in [6.07, 6.45) is 3.04. The first-order chi connectivity index (χ1) is 11.6. The Kier molecular flexibility index (Phi) is 5.33. The van der Waals surface area contributed by atoms with Crippen molar-refractivity contribution in [3.63, 3.8) is 0 Å². The summed E-state index contributed by atoms with van der Waals surface area (Å²) >= 11 is 6.55. The molecule has 1 amide bonds. The molecule has 1 aliphatic heterocycles. The Balaban J connectivity index is 1.57. The third-order valence-electron chi connectivity index (χ3n) is 3.78. The Labute approximate surface area is 150 Å². The van der Waals surface area contributed by atoms with Crippen LogP contribution in [0, 0.1) is 0 Å². The number of esters is 1. The average molecular weight is 362 g/mol. The van der Waals surface area contributed by atoms with Gasteiger partial charge in [-0.15, -0.1) is 0 Å². The van der Waals surface area contributed by atoms with Crippen molar-refractivity contribution in [3.05, 3.63) is 39.8 Å². The zero-order chi connectivity index (χ0) is 17.1. The van der Waals surface area contributed by atoms with E-state index >= 15 is 0 Å². The standard InChI is InChI=1S/C17H18N2O3S2/c1-2-18-10-22-15(20)5-6-19-16(21)14(24-17(19)23)8-11-3-4-12-9-13(12)7-11/h3-4,7-8,18H,2,5-6,9-10H2,1H3/b14-8+. The number of thiocarbonyl (C=S) groups is 1. The van der Waals surface area contributed by atoms with Gasteiger partial charge in [0.1, 0.15) is 11.1 Å². The van der Waals surface area contributed by atoms with Crippen LogP contribution < -0.4 is 5.32 Å². The van der Waals surface area contributed by atoms with Gasteiger partial charge >= 0.3 is 5.97 Å². The number of benzene rings is 1. The van der Waals surface area contributed by atoms with E-state index in [-0.39, 0.29) is 31.6 Å². The van der Waals surface area contributed by atoms with Gasteiger partial charge in [0.2, 0.25) is 0 Å². The van der Waals surface area contributed by atoms with Gasteiger partial charge in [0.25, 0.3) is 5.91 Å². The molecular weight excluding hydrogens is 344 g/mol. The molecule has 1 heterocycles.